The Kier molecular flexibility index (Phi) is 3.24. The van der Waals surface area contributed by atoms with Gasteiger partial charge in [-0.15, -0.1) is 0 Å². The quantitative estimate of drug-likeness (QED) is 0.781. The van der Waals surface area contributed by atoms with E-state index in [1.807, 2.05) is 47.0 Å². The van der Waals surface area contributed by atoms with Gasteiger partial charge in [0.05, 0.1) is 4.90 Å². The highest BCUT2D eigenvalue weighted by molar-refractivity contribution is 8.08. The zero-order valence-corrected chi connectivity index (χ0v) is 11.6. The van der Waals surface area contributed by atoms with Gasteiger partial charge < -0.3 is 0 Å². The van der Waals surface area contributed by atoms with E-state index in [4.69, 9.17) is 0 Å². The van der Waals surface area contributed by atoms with Crippen LogP contribution < -0.4 is 0 Å². The molecule has 92 valence electrons. The second-order valence-corrected chi connectivity index (χ2v) is 6.86. The zero-order valence-electron chi connectivity index (χ0n) is 10.00. The van der Waals surface area contributed by atoms with Crippen LogP contribution in [0.2, 0.25) is 0 Å². The smallest absolute Gasteiger partial charge is 0.139 e. The first-order chi connectivity index (χ1) is 8.75. The fourth-order valence-electron chi connectivity index (χ4n) is 1.99. The molecule has 0 amide bonds. The summed E-state index contributed by atoms with van der Waals surface area (Å²) < 4.78 is 14.4. The Morgan fingerprint density at radius 2 is 1.89 bits per heavy atom. The van der Waals surface area contributed by atoms with Crippen LogP contribution in [0.25, 0.3) is 0 Å². The molecule has 1 aliphatic heterocycles. The third-order valence-corrected chi connectivity index (χ3v) is 5.91. The normalized spacial score (nSPS) is 18.8. The van der Waals surface area contributed by atoms with Crippen molar-refractivity contribution in [2.75, 3.05) is 0 Å². The molecule has 1 aliphatic rings. The zero-order chi connectivity index (χ0) is 12.5. The number of rotatable bonds is 2. The number of aryl methyl sites for hydroxylation is 1. The Hall–Kier alpha value is -1.10. The Balaban J connectivity index is 1.87. The van der Waals surface area contributed by atoms with Gasteiger partial charge in [0.2, 0.25) is 0 Å². The Bertz CT molecular complexity index is 598. The van der Waals surface area contributed by atoms with E-state index in [1.54, 1.807) is 11.9 Å². The summed E-state index contributed by atoms with van der Waals surface area (Å²) in [6, 6.07) is 16.2. The van der Waals surface area contributed by atoms with Crippen molar-refractivity contribution < 1.29 is 4.21 Å². The molecule has 0 spiro atoms. The molecule has 1 atom stereocenters. The predicted molar refractivity (Wildman–Crippen MR) is 75.4 cm³/mol. The van der Waals surface area contributed by atoms with Gasteiger partial charge in [-0.2, -0.15) is 3.71 Å². The molecule has 3 rings (SSSR count). The van der Waals surface area contributed by atoms with E-state index in [1.165, 1.54) is 5.56 Å². The number of benzene rings is 2. The first kappa shape index (κ1) is 12.0. The lowest BCUT2D eigenvalue weighted by Gasteiger charge is -2.11. The number of hydrogen-bond acceptors (Lipinski definition) is 2. The molecule has 0 saturated heterocycles. The van der Waals surface area contributed by atoms with Gasteiger partial charge in [-0.1, -0.05) is 42.5 Å². The van der Waals surface area contributed by atoms with E-state index in [9.17, 15) is 4.21 Å². The van der Waals surface area contributed by atoms with E-state index in [2.05, 4.69) is 12.1 Å². The lowest BCUT2D eigenvalue weighted by molar-refractivity contribution is 0.631. The lowest BCUT2D eigenvalue weighted by Crippen LogP contribution is -2.13. The standard InChI is InChI=1S/C14H13NOS2/c1-11-6-5-9-13-14(11)18(16)15(17-13)10-12-7-3-2-4-8-12/h2-9H,10H2,1H3/t18-/m1/s1. The maximum atomic E-state index is 12.4. The fraction of sp³-hybridized carbons (Fsp3) is 0.143. The van der Waals surface area contributed by atoms with Crippen molar-refractivity contribution in [3.8, 4) is 0 Å². The minimum atomic E-state index is -1.05. The summed E-state index contributed by atoms with van der Waals surface area (Å²) in [5, 5.41) is 0. The molecular weight excluding hydrogens is 262 g/mol. The van der Waals surface area contributed by atoms with Crippen molar-refractivity contribution in [3.05, 3.63) is 59.7 Å². The average molecular weight is 275 g/mol. The van der Waals surface area contributed by atoms with E-state index in [-0.39, 0.29) is 0 Å². The van der Waals surface area contributed by atoms with Crippen LogP contribution in [0.5, 0.6) is 0 Å². The second-order valence-electron chi connectivity index (χ2n) is 4.22. The maximum absolute atomic E-state index is 12.4. The summed E-state index contributed by atoms with van der Waals surface area (Å²) in [7, 11) is -1.05. The topological polar surface area (TPSA) is 20.3 Å². The van der Waals surface area contributed by atoms with Crippen molar-refractivity contribution in [1.29, 1.82) is 0 Å². The molecule has 0 bridgehead atoms. The van der Waals surface area contributed by atoms with Gasteiger partial charge in [0.25, 0.3) is 0 Å². The molecule has 2 aromatic rings. The summed E-state index contributed by atoms with van der Waals surface area (Å²) in [5.41, 5.74) is 2.29. The highest BCUT2D eigenvalue weighted by atomic mass is 32.2. The van der Waals surface area contributed by atoms with Crippen LogP contribution >= 0.6 is 11.9 Å². The lowest BCUT2D eigenvalue weighted by atomic mass is 10.2. The van der Waals surface area contributed by atoms with Gasteiger partial charge in [0.15, 0.2) is 0 Å². The summed E-state index contributed by atoms with van der Waals surface area (Å²) in [4.78, 5) is 2.09. The first-order valence-corrected chi connectivity index (χ1v) is 7.64. The number of fused-ring (bicyclic) bond motifs is 1. The predicted octanol–water partition coefficient (Wildman–Crippen LogP) is 3.54. The maximum Gasteiger partial charge on any atom is 0.139 e. The van der Waals surface area contributed by atoms with Crippen LogP contribution in [0.3, 0.4) is 0 Å². The molecule has 2 nitrogen and oxygen atoms in total. The van der Waals surface area contributed by atoms with Crippen LogP contribution in [0, 0.1) is 6.92 Å². The van der Waals surface area contributed by atoms with Gasteiger partial charge in [0, 0.05) is 11.4 Å². The molecule has 0 aromatic heterocycles. The molecule has 0 fully saturated rings. The van der Waals surface area contributed by atoms with Crippen molar-refractivity contribution in [2.24, 2.45) is 0 Å². The van der Waals surface area contributed by atoms with E-state index in [0.717, 1.165) is 15.4 Å². The molecule has 0 unspecified atom stereocenters. The summed E-state index contributed by atoms with van der Waals surface area (Å²) in [5.74, 6) is 0. The molecule has 0 saturated carbocycles. The minimum absolute atomic E-state index is 0.701. The Labute approximate surface area is 114 Å². The molecule has 0 radical (unpaired) electrons. The average Bonchev–Trinajstić information content (AvgIpc) is 2.69. The van der Waals surface area contributed by atoms with Crippen molar-refractivity contribution in [1.82, 2.24) is 3.71 Å². The third-order valence-electron chi connectivity index (χ3n) is 2.89. The minimum Gasteiger partial charge on any atom is -0.236 e. The third kappa shape index (κ3) is 2.11. The van der Waals surface area contributed by atoms with Crippen molar-refractivity contribution in [2.45, 2.75) is 23.3 Å². The van der Waals surface area contributed by atoms with Crippen LogP contribution in [0.4, 0.5) is 0 Å². The van der Waals surface area contributed by atoms with E-state index >= 15 is 0 Å². The molecule has 1 heterocycles. The molecule has 18 heavy (non-hydrogen) atoms. The van der Waals surface area contributed by atoms with E-state index < -0.39 is 11.0 Å². The van der Waals surface area contributed by atoms with E-state index in [0.29, 0.717) is 6.54 Å². The molecule has 4 heteroatoms. The SMILES string of the molecule is Cc1cccc2c1[S@@](=O)N(Cc1ccccc1)S2. The Morgan fingerprint density at radius 1 is 1.11 bits per heavy atom. The molecule has 0 aliphatic carbocycles. The summed E-state index contributed by atoms with van der Waals surface area (Å²) in [6.45, 7) is 2.72. The van der Waals surface area contributed by atoms with Gasteiger partial charge in [0.1, 0.15) is 11.0 Å². The fourth-order valence-corrected chi connectivity index (χ4v) is 4.92. The summed E-state index contributed by atoms with van der Waals surface area (Å²) >= 11 is 1.59. The van der Waals surface area contributed by atoms with Crippen molar-refractivity contribution in [3.63, 3.8) is 0 Å². The molecule has 0 N–H and O–H groups in total. The van der Waals surface area contributed by atoms with Gasteiger partial charge in [-0.25, -0.2) is 4.21 Å². The van der Waals surface area contributed by atoms with Crippen LogP contribution in [0.1, 0.15) is 11.1 Å². The highest BCUT2D eigenvalue weighted by Crippen LogP contribution is 2.41. The molecular formula is C14H13NOS2. The summed E-state index contributed by atoms with van der Waals surface area (Å²) in [6.07, 6.45) is 0. The van der Waals surface area contributed by atoms with Gasteiger partial charge in [-0.05, 0) is 36.1 Å². The highest BCUT2D eigenvalue weighted by Gasteiger charge is 2.29. The first-order valence-electron chi connectivity index (χ1n) is 5.76. The monoisotopic (exact) mass is 275 g/mol. The van der Waals surface area contributed by atoms with Gasteiger partial charge in [-0.3, -0.25) is 0 Å². The second kappa shape index (κ2) is 4.88. The molecule has 2 aromatic carbocycles. The number of hydrogen-bond donors (Lipinski definition) is 0. The van der Waals surface area contributed by atoms with Crippen molar-refractivity contribution >= 4 is 22.9 Å². The number of nitrogens with zero attached hydrogens (tertiary/aromatic N) is 1. The Morgan fingerprint density at radius 3 is 2.61 bits per heavy atom. The van der Waals surface area contributed by atoms with Crippen LogP contribution in [-0.2, 0) is 17.5 Å². The van der Waals surface area contributed by atoms with Crippen LogP contribution in [0.15, 0.2) is 58.3 Å². The van der Waals surface area contributed by atoms with Gasteiger partial charge >= 0.3 is 0 Å². The van der Waals surface area contributed by atoms with Crippen LogP contribution in [-0.4, -0.2) is 7.92 Å². The largest absolute Gasteiger partial charge is 0.236 e.